The van der Waals surface area contributed by atoms with Crippen LogP contribution in [0.5, 0.6) is 0 Å². The molecule has 0 fully saturated rings. The van der Waals surface area contributed by atoms with Crippen LogP contribution in [-0.4, -0.2) is 17.0 Å². The van der Waals surface area contributed by atoms with Crippen molar-refractivity contribution in [3.63, 3.8) is 0 Å². The Hall–Kier alpha value is -2.30. The van der Waals surface area contributed by atoms with Crippen LogP contribution in [0.15, 0.2) is 48.5 Å². The van der Waals surface area contributed by atoms with Gasteiger partial charge in [-0.1, -0.05) is 41.4 Å². The summed E-state index contributed by atoms with van der Waals surface area (Å²) >= 11 is 11.8. The zero-order valence-electron chi connectivity index (χ0n) is 11.2. The summed E-state index contributed by atoms with van der Waals surface area (Å²) in [6.45, 7) is 0. The fraction of sp³-hybridized carbons (Fsp3) is 0. The van der Waals surface area contributed by atoms with Crippen LogP contribution in [0.4, 0.5) is 5.69 Å². The Morgan fingerprint density at radius 1 is 1.09 bits per heavy atom. The highest BCUT2D eigenvalue weighted by atomic mass is 35.5. The number of halogens is 2. The van der Waals surface area contributed by atoms with Crippen LogP contribution < -0.4 is 5.32 Å². The normalized spacial score (nSPS) is 10.6. The van der Waals surface area contributed by atoms with Crippen LogP contribution in [0.1, 0.15) is 15.9 Å². The number of nitrogens with one attached hydrogen (secondary N) is 1. The Morgan fingerprint density at radius 2 is 1.82 bits per heavy atom. The van der Waals surface area contributed by atoms with E-state index in [-0.39, 0.29) is 11.3 Å². The van der Waals surface area contributed by atoms with Crippen molar-refractivity contribution in [1.29, 1.82) is 0 Å². The van der Waals surface area contributed by atoms with Crippen molar-refractivity contribution in [1.82, 2.24) is 0 Å². The lowest BCUT2D eigenvalue weighted by atomic mass is 10.1. The molecule has 112 valence electrons. The molecule has 0 heterocycles. The molecule has 0 unspecified atom stereocenters. The summed E-state index contributed by atoms with van der Waals surface area (Å²) in [5.41, 5.74) is 0.779. The molecular weight excluding hydrogens is 325 g/mol. The van der Waals surface area contributed by atoms with Crippen LogP contribution in [0, 0.1) is 0 Å². The van der Waals surface area contributed by atoms with Gasteiger partial charge in [0.15, 0.2) is 0 Å². The molecule has 0 saturated heterocycles. The monoisotopic (exact) mass is 335 g/mol. The quantitative estimate of drug-likeness (QED) is 0.816. The van der Waals surface area contributed by atoms with E-state index in [1.165, 1.54) is 24.3 Å². The van der Waals surface area contributed by atoms with Gasteiger partial charge in [0.1, 0.15) is 0 Å². The Bertz CT molecular complexity index is 757. The molecule has 0 aromatic heterocycles. The van der Waals surface area contributed by atoms with Gasteiger partial charge in [0, 0.05) is 16.1 Å². The zero-order chi connectivity index (χ0) is 16.1. The van der Waals surface area contributed by atoms with Crippen LogP contribution in [-0.2, 0) is 4.79 Å². The Morgan fingerprint density at radius 3 is 2.50 bits per heavy atom. The topological polar surface area (TPSA) is 66.4 Å². The molecule has 0 radical (unpaired) electrons. The maximum atomic E-state index is 11.9. The molecule has 4 nitrogen and oxygen atoms in total. The second-order valence-electron chi connectivity index (χ2n) is 4.34. The van der Waals surface area contributed by atoms with Gasteiger partial charge in [-0.25, -0.2) is 4.79 Å². The highest BCUT2D eigenvalue weighted by Gasteiger charge is 2.11. The minimum atomic E-state index is -1.15. The molecule has 1 amide bonds. The summed E-state index contributed by atoms with van der Waals surface area (Å²) in [6.07, 6.45) is 2.82. The fourth-order valence-electron chi connectivity index (χ4n) is 1.76. The number of anilines is 1. The molecule has 0 aliphatic carbocycles. The average molecular weight is 336 g/mol. The van der Waals surface area contributed by atoms with E-state index in [9.17, 15) is 9.59 Å². The summed E-state index contributed by atoms with van der Waals surface area (Å²) in [7, 11) is 0. The summed E-state index contributed by atoms with van der Waals surface area (Å²) in [4.78, 5) is 23.0. The number of carboxylic acids is 1. The second-order valence-corrected chi connectivity index (χ2v) is 5.18. The van der Waals surface area contributed by atoms with E-state index in [1.807, 2.05) is 0 Å². The number of aromatic carboxylic acids is 1. The first-order chi connectivity index (χ1) is 10.5. The van der Waals surface area contributed by atoms with E-state index in [2.05, 4.69) is 5.32 Å². The SMILES string of the molecule is O=C(C=Cc1ccccc1Cl)Nc1cc(Cl)ccc1C(=O)O. The number of benzene rings is 2. The van der Waals surface area contributed by atoms with Gasteiger partial charge in [-0.3, -0.25) is 4.79 Å². The lowest BCUT2D eigenvalue weighted by molar-refractivity contribution is -0.111. The smallest absolute Gasteiger partial charge is 0.337 e. The standard InChI is InChI=1S/C16H11Cl2NO3/c17-11-6-7-12(16(21)22)14(9-11)19-15(20)8-5-10-3-1-2-4-13(10)18/h1-9H,(H,19,20)(H,21,22). The van der Waals surface area contributed by atoms with Crippen molar-refractivity contribution in [2.75, 3.05) is 5.32 Å². The molecule has 6 heteroatoms. The third-order valence-electron chi connectivity index (χ3n) is 2.79. The Balaban J connectivity index is 2.18. The van der Waals surface area contributed by atoms with Gasteiger partial charge >= 0.3 is 5.97 Å². The van der Waals surface area contributed by atoms with E-state index >= 15 is 0 Å². The molecule has 0 atom stereocenters. The molecule has 0 saturated carbocycles. The first kappa shape index (κ1) is 16.1. The number of rotatable bonds is 4. The largest absolute Gasteiger partial charge is 0.478 e. The third-order valence-corrected chi connectivity index (χ3v) is 3.37. The van der Waals surface area contributed by atoms with Crippen molar-refractivity contribution in [3.05, 3.63) is 69.7 Å². The van der Waals surface area contributed by atoms with Crippen LogP contribution in [0.2, 0.25) is 10.0 Å². The molecule has 0 bridgehead atoms. The van der Waals surface area contributed by atoms with E-state index in [1.54, 1.807) is 30.3 Å². The first-order valence-electron chi connectivity index (χ1n) is 6.24. The highest BCUT2D eigenvalue weighted by molar-refractivity contribution is 6.32. The lowest BCUT2D eigenvalue weighted by Gasteiger charge is -2.07. The van der Waals surface area contributed by atoms with E-state index in [0.29, 0.717) is 15.6 Å². The highest BCUT2D eigenvalue weighted by Crippen LogP contribution is 2.21. The third kappa shape index (κ3) is 4.10. The first-order valence-corrected chi connectivity index (χ1v) is 6.99. The number of hydrogen-bond acceptors (Lipinski definition) is 2. The zero-order valence-corrected chi connectivity index (χ0v) is 12.7. The molecular formula is C16H11Cl2NO3. The second kappa shape index (κ2) is 7.11. The van der Waals surface area contributed by atoms with Gasteiger partial charge in [0.25, 0.3) is 0 Å². The predicted octanol–water partition coefficient (Wildman–Crippen LogP) is 4.34. The van der Waals surface area contributed by atoms with Crippen molar-refractivity contribution < 1.29 is 14.7 Å². The summed E-state index contributed by atoms with van der Waals surface area (Å²) < 4.78 is 0. The molecule has 2 aromatic carbocycles. The number of carboxylic acid groups (broad SMARTS) is 1. The van der Waals surface area contributed by atoms with Gasteiger partial charge in [0.2, 0.25) is 5.91 Å². The Labute approximate surface area is 137 Å². The van der Waals surface area contributed by atoms with E-state index in [4.69, 9.17) is 28.3 Å². The summed E-state index contributed by atoms with van der Waals surface area (Å²) in [5, 5.41) is 12.4. The lowest BCUT2D eigenvalue weighted by Crippen LogP contribution is -2.12. The molecule has 0 spiro atoms. The average Bonchev–Trinajstić information content (AvgIpc) is 2.46. The molecule has 0 aliphatic rings. The molecule has 22 heavy (non-hydrogen) atoms. The van der Waals surface area contributed by atoms with Gasteiger partial charge in [-0.2, -0.15) is 0 Å². The predicted molar refractivity (Wildman–Crippen MR) is 87.5 cm³/mol. The van der Waals surface area contributed by atoms with Gasteiger partial charge in [-0.05, 0) is 35.9 Å². The number of carbonyl (C=O) groups excluding carboxylic acids is 1. The van der Waals surface area contributed by atoms with Gasteiger partial charge in [-0.15, -0.1) is 0 Å². The fourth-order valence-corrected chi connectivity index (χ4v) is 2.13. The number of amides is 1. The van der Waals surface area contributed by atoms with Crippen molar-refractivity contribution >= 4 is 46.8 Å². The van der Waals surface area contributed by atoms with Gasteiger partial charge < -0.3 is 10.4 Å². The molecule has 2 rings (SSSR count). The van der Waals surface area contributed by atoms with Crippen LogP contribution in [0.3, 0.4) is 0 Å². The minimum absolute atomic E-state index is 0.0381. The summed E-state index contributed by atoms with van der Waals surface area (Å²) in [6, 6.07) is 11.2. The molecule has 2 aromatic rings. The Kier molecular flexibility index (Phi) is 5.20. The van der Waals surface area contributed by atoms with E-state index < -0.39 is 11.9 Å². The maximum absolute atomic E-state index is 11.9. The number of hydrogen-bond donors (Lipinski definition) is 2. The minimum Gasteiger partial charge on any atom is -0.478 e. The van der Waals surface area contributed by atoms with Crippen molar-refractivity contribution in [2.24, 2.45) is 0 Å². The van der Waals surface area contributed by atoms with Gasteiger partial charge in [0.05, 0.1) is 11.3 Å². The van der Waals surface area contributed by atoms with E-state index in [0.717, 1.165) is 0 Å². The number of carbonyl (C=O) groups is 2. The molecule has 0 aliphatic heterocycles. The van der Waals surface area contributed by atoms with Crippen LogP contribution >= 0.6 is 23.2 Å². The summed E-state index contributed by atoms with van der Waals surface area (Å²) in [5.74, 6) is -1.63. The maximum Gasteiger partial charge on any atom is 0.337 e. The van der Waals surface area contributed by atoms with Crippen LogP contribution in [0.25, 0.3) is 6.08 Å². The molecule has 2 N–H and O–H groups in total. The van der Waals surface area contributed by atoms with Crippen molar-refractivity contribution in [2.45, 2.75) is 0 Å². The van der Waals surface area contributed by atoms with Crippen molar-refractivity contribution in [3.8, 4) is 0 Å².